The molecule has 0 aliphatic carbocycles. The Bertz CT molecular complexity index is 942. The Kier molecular flexibility index (Phi) is 5.46. The molecule has 26 heavy (non-hydrogen) atoms. The number of nitrogens with one attached hydrogen (secondary N) is 1. The minimum atomic E-state index is -2.23. The van der Waals surface area contributed by atoms with Crippen molar-refractivity contribution < 1.29 is 13.9 Å². The Balaban J connectivity index is 2.13. The smallest absolute Gasteiger partial charge is 0.259 e. The van der Waals surface area contributed by atoms with Gasteiger partial charge in [-0.1, -0.05) is 48.0 Å². The number of rotatable bonds is 5. The number of aliphatic hydroxyl groups excluding tert-OH is 1. The summed E-state index contributed by atoms with van der Waals surface area (Å²) >= 11 is -2.23. The number of hydrogen-bond acceptors (Lipinski definition) is 3. The molecule has 2 aromatic carbocycles. The van der Waals surface area contributed by atoms with Crippen LogP contribution in [0.3, 0.4) is 0 Å². The number of para-hydroxylation sites is 1. The quantitative estimate of drug-likeness (QED) is 0.595. The summed E-state index contributed by atoms with van der Waals surface area (Å²) in [5.74, 6) is 0. The Hall–Kier alpha value is -2.54. The van der Waals surface area contributed by atoms with Gasteiger partial charge in [-0.05, 0) is 37.1 Å². The summed E-state index contributed by atoms with van der Waals surface area (Å²) < 4.78 is 22.8. The fourth-order valence-corrected chi connectivity index (χ4v) is 3.36. The SMILES string of the molecule is Cc1ccc(-c2ccnc(C)c2C(O)c2ccccc2NS(=O)O)cc1. The molecule has 5 nitrogen and oxygen atoms in total. The normalized spacial score (nSPS) is 13.2. The number of nitrogens with zero attached hydrogens (tertiary/aromatic N) is 1. The number of aromatic nitrogens is 1. The highest BCUT2D eigenvalue weighted by Crippen LogP contribution is 2.36. The summed E-state index contributed by atoms with van der Waals surface area (Å²) in [6.45, 7) is 3.87. The van der Waals surface area contributed by atoms with Gasteiger partial charge >= 0.3 is 0 Å². The summed E-state index contributed by atoms with van der Waals surface area (Å²) in [6.07, 6.45) is 0.723. The zero-order valence-electron chi connectivity index (χ0n) is 14.5. The standard InChI is InChI=1S/C20H20N2O3S/c1-13-7-9-15(10-8-13)16-11-12-21-14(2)19(16)20(23)17-5-3-4-6-18(17)22-26(24)25/h3-12,20,22-23H,1-2H3,(H,24,25). The van der Waals surface area contributed by atoms with Crippen molar-refractivity contribution in [3.8, 4) is 11.1 Å². The van der Waals surface area contributed by atoms with Crippen molar-refractivity contribution in [2.45, 2.75) is 20.0 Å². The van der Waals surface area contributed by atoms with Crippen LogP contribution in [-0.2, 0) is 11.3 Å². The molecule has 1 aromatic heterocycles. The van der Waals surface area contributed by atoms with Gasteiger partial charge in [-0.3, -0.25) is 14.3 Å². The lowest BCUT2D eigenvalue weighted by Crippen LogP contribution is -2.10. The zero-order valence-corrected chi connectivity index (χ0v) is 15.3. The minimum absolute atomic E-state index is 0.402. The zero-order chi connectivity index (χ0) is 18.7. The average Bonchev–Trinajstić information content (AvgIpc) is 2.61. The van der Waals surface area contributed by atoms with Gasteiger partial charge in [0.1, 0.15) is 6.10 Å². The lowest BCUT2D eigenvalue weighted by molar-refractivity contribution is 0.220. The third kappa shape index (κ3) is 3.83. The van der Waals surface area contributed by atoms with Crippen molar-refractivity contribution in [1.82, 2.24) is 4.98 Å². The molecule has 0 radical (unpaired) electrons. The minimum Gasteiger partial charge on any atom is -0.383 e. The Morgan fingerprint density at radius 1 is 1.04 bits per heavy atom. The third-order valence-corrected chi connectivity index (χ3v) is 4.67. The molecule has 6 heteroatoms. The van der Waals surface area contributed by atoms with E-state index in [1.165, 1.54) is 0 Å². The topological polar surface area (TPSA) is 82.5 Å². The highest BCUT2D eigenvalue weighted by atomic mass is 32.2. The van der Waals surface area contributed by atoms with Crippen LogP contribution in [0, 0.1) is 13.8 Å². The number of benzene rings is 2. The molecule has 0 aliphatic heterocycles. The molecule has 0 bridgehead atoms. The molecular formula is C20H20N2O3S. The summed E-state index contributed by atoms with van der Waals surface area (Å²) in [6, 6.07) is 16.8. The van der Waals surface area contributed by atoms with E-state index in [0.29, 0.717) is 22.5 Å². The maximum absolute atomic E-state index is 11.2. The Morgan fingerprint density at radius 2 is 1.73 bits per heavy atom. The van der Waals surface area contributed by atoms with E-state index >= 15 is 0 Å². The fraction of sp³-hybridized carbons (Fsp3) is 0.150. The van der Waals surface area contributed by atoms with Crippen molar-refractivity contribution in [2.24, 2.45) is 0 Å². The van der Waals surface area contributed by atoms with Crippen LogP contribution in [0.4, 0.5) is 5.69 Å². The van der Waals surface area contributed by atoms with Crippen molar-refractivity contribution in [3.63, 3.8) is 0 Å². The number of anilines is 1. The molecule has 2 unspecified atom stereocenters. The predicted molar refractivity (Wildman–Crippen MR) is 104 cm³/mol. The summed E-state index contributed by atoms with van der Waals surface area (Å²) in [7, 11) is 0. The van der Waals surface area contributed by atoms with Gasteiger partial charge in [0.15, 0.2) is 0 Å². The molecule has 0 aliphatic rings. The van der Waals surface area contributed by atoms with Crippen LogP contribution in [0.1, 0.15) is 28.5 Å². The Labute approximate surface area is 155 Å². The van der Waals surface area contributed by atoms with Crippen LogP contribution in [0.25, 0.3) is 11.1 Å². The van der Waals surface area contributed by atoms with E-state index in [2.05, 4.69) is 9.71 Å². The van der Waals surface area contributed by atoms with Crippen molar-refractivity contribution in [2.75, 3.05) is 4.72 Å². The van der Waals surface area contributed by atoms with Gasteiger partial charge in [0, 0.05) is 23.0 Å². The predicted octanol–water partition coefficient (Wildman–Crippen LogP) is 4.00. The first-order valence-corrected chi connectivity index (χ1v) is 9.25. The van der Waals surface area contributed by atoms with Crippen LogP contribution >= 0.6 is 0 Å². The van der Waals surface area contributed by atoms with Crippen LogP contribution in [0.2, 0.25) is 0 Å². The summed E-state index contributed by atoms with van der Waals surface area (Å²) in [4.78, 5) is 4.33. The number of aryl methyl sites for hydroxylation is 2. The van der Waals surface area contributed by atoms with Crippen molar-refractivity contribution in [3.05, 3.63) is 83.2 Å². The van der Waals surface area contributed by atoms with Gasteiger partial charge < -0.3 is 5.11 Å². The molecule has 0 saturated heterocycles. The lowest BCUT2D eigenvalue weighted by atomic mass is 9.91. The first kappa shape index (κ1) is 18.3. The van der Waals surface area contributed by atoms with Crippen LogP contribution in [0.5, 0.6) is 0 Å². The molecule has 134 valence electrons. The highest BCUT2D eigenvalue weighted by molar-refractivity contribution is 7.80. The van der Waals surface area contributed by atoms with E-state index in [0.717, 1.165) is 16.7 Å². The van der Waals surface area contributed by atoms with E-state index in [1.54, 1.807) is 30.5 Å². The monoisotopic (exact) mass is 368 g/mol. The largest absolute Gasteiger partial charge is 0.383 e. The van der Waals surface area contributed by atoms with E-state index in [-0.39, 0.29) is 0 Å². The van der Waals surface area contributed by atoms with Gasteiger partial charge in [-0.15, -0.1) is 0 Å². The van der Waals surface area contributed by atoms with E-state index in [9.17, 15) is 9.32 Å². The second kappa shape index (κ2) is 7.78. The van der Waals surface area contributed by atoms with Gasteiger partial charge in [0.25, 0.3) is 11.3 Å². The second-order valence-corrected chi connectivity index (χ2v) is 6.77. The summed E-state index contributed by atoms with van der Waals surface area (Å²) in [5, 5.41) is 11.1. The van der Waals surface area contributed by atoms with E-state index in [1.807, 2.05) is 44.2 Å². The van der Waals surface area contributed by atoms with Gasteiger partial charge in [-0.25, -0.2) is 4.21 Å². The maximum atomic E-state index is 11.2. The van der Waals surface area contributed by atoms with Gasteiger partial charge in [-0.2, -0.15) is 0 Å². The average molecular weight is 368 g/mol. The fourth-order valence-electron chi connectivity index (χ4n) is 2.99. The molecule has 0 amide bonds. The highest BCUT2D eigenvalue weighted by Gasteiger charge is 2.21. The van der Waals surface area contributed by atoms with Gasteiger partial charge in [0.05, 0.1) is 5.69 Å². The van der Waals surface area contributed by atoms with Crippen molar-refractivity contribution >= 4 is 17.0 Å². The molecular weight excluding hydrogens is 348 g/mol. The molecule has 0 saturated carbocycles. The first-order chi connectivity index (χ1) is 12.5. The second-order valence-electron chi connectivity index (χ2n) is 6.06. The van der Waals surface area contributed by atoms with E-state index < -0.39 is 17.4 Å². The third-order valence-electron chi connectivity index (χ3n) is 4.28. The van der Waals surface area contributed by atoms with E-state index in [4.69, 9.17) is 4.55 Å². The van der Waals surface area contributed by atoms with Crippen LogP contribution in [0.15, 0.2) is 60.8 Å². The molecule has 3 N–H and O–H groups in total. The molecule has 3 rings (SSSR count). The summed E-state index contributed by atoms with van der Waals surface area (Å²) in [5.41, 5.74) is 5.31. The lowest BCUT2D eigenvalue weighted by Gasteiger charge is -2.20. The Morgan fingerprint density at radius 3 is 2.42 bits per heavy atom. The van der Waals surface area contributed by atoms with Crippen LogP contribution < -0.4 is 4.72 Å². The number of aliphatic hydroxyl groups is 1. The molecule has 0 fully saturated rings. The maximum Gasteiger partial charge on any atom is 0.259 e. The van der Waals surface area contributed by atoms with Crippen molar-refractivity contribution in [1.29, 1.82) is 0 Å². The molecule has 3 aromatic rings. The number of hydrogen-bond donors (Lipinski definition) is 3. The molecule has 2 atom stereocenters. The van der Waals surface area contributed by atoms with Gasteiger partial charge in [0.2, 0.25) is 0 Å². The molecule has 0 spiro atoms. The van der Waals surface area contributed by atoms with Crippen LogP contribution in [-0.4, -0.2) is 18.9 Å². The molecule has 1 heterocycles. The first-order valence-electron chi connectivity index (χ1n) is 8.14. The number of pyridine rings is 1.